The molecule has 1 aliphatic rings. The molecule has 0 aromatic heterocycles. The molecule has 2 unspecified atom stereocenters. The first-order valence-corrected chi connectivity index (χ1v) is 3.30. The fraction of sp³-hybridized carbons (Fsp3) is 0.667. The van der Waals surface area contributed by atoms with E-state index in [0.29, 0.717) is 0 Å². The van der Waals surface area contributed by atoms with E-state index in [1.807, 2.05) is 0 Å². The van der Waals surface area contributed by atoms with Crippen molar-refractivity contribution in [3.05, 3.63) is 0 Å². The number of carboxylic acids is 2. The minimum absolute atomic E-state index is 0. The van der Waals surface area contributed by atoms with Gasteiger partial charge in [-0.3, -0.25) is 9.59 Å². The third-order valence-corrected chi connectivity index (χ3v) is 1.78. The van der Waals surface area contributed by atoms with Gasteiger partial charge in [0.15, 0.2) is 0 Å². The van der Waals surface area contributed by atoms with E-state index in [1.54, 1.807) is 0 Å². The average Bonchev–Trinajstić information content (AvgIpc) is 2.33. The first kappa shape index (κ1) is 11.9. The monoisotopic (exact) mass is 182 g/mol. The van der Waals surface area contributed by atoms with Crippen LogP contribution in [0.2, 0.25) is 0 Å². The maximum absolute atomic E-state index is 10.3. The molecule has 12 heavy (non-hydrogen) atoms. The van der Waals surface area contributed by atoms with Gasteiger partial charge in [0, 0.05) is 36.1 Å². The normalized spacial score (nSPS) is 27.7. The smallest absolute Gasteiger partial charge is 0.320 e. The summed E-state index contributed by atoms with van der Waals surface area (Å²) in [5.74, 6) is -2.45. The molecule has 1 rings (SSSR count). The van der Waals surface area contributed by atoms with Gasteiger partial charge in [0.25, 0.3) is 0 Å². The van der Waals surface area contributed by atoms with Crippen molar-refractivity contribution in [2.45, 2.75) is 12.5 Å². The van der Waals surface area contributed by atoms with Crippen molar-refractivity contribution in [2.75, 3.05) is 6.54 Å². The van der Waals surface area contributed by atoms with Gasteiger partial charge in [-0.05, 0) is 6.42 Å². The third-order valence-electron chi connectivity index (χ3n) is 1.78. The van der Waals surface area contributed by atoms with Gasteiger partial charge in [-0.15, -0.1) is 0 Å². The molecule has 5 nitrogen and oxygen atoms in total. The van der Waals surface area contributed by atoms with E-state index in [-0.39, 0.29) is 42.5 Å². The molecule has 3 N–H and O–H groups in total. The maximum Gasteiger partial charge on any atom is 0.320 e. The van der Waals surface area contributed by atoms with E-state index in [9.17, 15) is 9.59 Å². The van der Waals surface area contributed by atoms with Gasteiger partial charge in [-0.1, -0.05) is 0 Å². The Hall–Kier alpha value is -0.100. The first-order valence-electron chi connectivity index (χ1n) is 3.30. The van der Waals surface area contributed by atoms with Crippen LogP contribution in [0.15, 0.2) is 0 Å². The van der Waals surface area contributed by atoms with Crippen molar-refractivity contribution < 1.29 is 19.8 Å². The molecule has 6 heteroatoms. The van der Waals surface area contributed by atoms with Crippen LogP contribution in [0.25, 0.3) is 0 Å². The van der Waals surface area contributed by atoms with E-state index in [2.05, 4.69) is 5.32 Å². The van der Waals surface area contributed by atoms with Gasteiger partial charge in [0.05, 0.1) is 5.92 Å². The topological polar surface area (TPSA) is 86.6 Å². The van der Waals surface area contributed by atoms with Gasteiger partial charge in [-0.25, -0.2) is 0 Å². The van der Waals surface area contributed by atoms with Gasteiger partial charge in [0.1, 0.15) is 6.04 Å². The molecule has 63 valence electrons. The number of nitrogens with one attached hydrogen (secondary N) is 1. The summed E-state index contributed by atoms with van der Waals surface area (Å²) in [6.07, 6.45) is 0.185. The molecule has 0 aromatic carbocycles. The van der Waals surface area contributed by atoms with Crippen molar-refractivity contribution in [3.63, 3.8) is 0 Å². The molecular weight excluding hydrogens is 173 g/mol. The van der Waals surface area contributed by atoms with Crippen LogP contribution in [0.4, 0.5) is 0 Å². The van der Waals surface area contributed by atoms with E-state index in [0.717, 1.165) is 0 Å². The number of hydrogen-bond donors (Lipinski definition) is 3. The summed E-state index contributed by atoms with van der Waals surface area (Å²) < 4.78 is 0. The molecule has 1 fully saturated rings. The minimum atomic E-state index is -0.978. The Morgan fingerprint density at radius 1 is 1.25 bits per heavy atom. The van der Waals surface area contributed by atoms with Gasteiger partial charge >= 0.3 is 11.9 Å². The standard InChI is InChI=1S/C6H9NO4.Na/c8-5(9)3-1-4(6(10)11)7-2-3;/h3-4,7H,1-2H2,(H,8,9)(H,10,11);. The average molecular weight is 182 g/mol. The SMILES string of the molecule is O=C(O)C1CNC(C(=O)O)C1.[Na]. The van der Waals surface area contributed by atoms with Crippen molar-refractivity contribution >= 4 is 41.5 Å². The fourth-order valence-electron chi connectivity index (χ4n) is 1.11. The molecule has 0 saturated carbocycles. The summed E-state index contributed by atoms with van der Waals surface area (Å²) in [6, 6.07) is -0.684. The molecule has 0 spiro atoms. The van der Waals surface area contributed by atoms with Crippen LogP contribution in [0.3, 0.4) is 0 Å². The van der Waals surface area contributed by atoms with Crippen LogP contribution < -0.4 is 5.32 Å². The van der Waals surface area contributed by atoms with Crippen LogP contribution in [0.5, 0.6) is 0 Å². The van der Waals surface area contributed by atoms with Crippen molar-refractivity contribution in [3.8, 4) is 0 Å². The number of carbonyl (C=O) groups is 2. The molecular formula is C6H9NNaO4. The number of aliphatic carboxylic acids is 2. The quantitative estimate of drug-likeness (QED) is 0.464. The summed E-state index contributed by atoms with van der Waals surface area (Å²) in [5, 5.41) is 19.5. The van der Waals surface area contributed by atoms with Gasteiger partial charge < -0.3 is 15.5 Å². The zero-order chi connectivity index (χ0) is 8.43. The first-order chi connectivity index (χ1) is 5.11. The molecule has 0 bridgehead atoms. The third kappa shape index (κ3) is 2.75. The van der Waals surface area contributed by atoms with Crippen molar-refractivity contribution in [1.82, 2.24) is 5.32 Å². The zero-order valence-corrected chi connectivity index (χ0v) is 8.78. The van der Waals surface area contributed by atoms with E-state index >= 15 is 0 Å². The van der Waals surface area contributed by atoms with E-state index in [4.69, 9.17) is 10.2 Å². The summed E-state index contributed by atoms with van der Waals surface area (Å²) in [4.78, 5) is 20.7. The van der Waals surface area contributed by atoms with Crippen LogP contribution in [0, 0.1) is 5.92 Å². The molecule has 0 amide bonds. The minimum Gasteiger partial charge on any atom is -0.481 e. The van der Waals surface area contributed by atoms with Crippen molar-refractivity contribution in [1.29, 1.82) is 0 Å². The number of hydrogen-bond acceptors (Lipinski definition) is 3. The molecule has 0 aliphatic carbocycles. The van der Waals surface area contributed by atoms with Crippen LogP contribution in [0.1, 0.15) is 6.42 Å². The van der Waals surface area contributed by atoms with Crippen LogP contribution in [-0.4, -0.2) is 64.3 Å². The Morgan fingerprint density at radius 3 is 2.08 bits per heavy atom. The number of carboxylic acid groups (broad SMARTS) is 2. The Labute approximate surface area is 91.4 Å². The van der Waals surface area contributed by atoms with Crippen molar-refractivity contribution in [2.24, 2.45) is 5.92 Å². The summed E-state index contributed by atoms with van der Waals surface area (Å²) in [6.45, 7) is 0.256. The largest absolute Gasteiger partial charge is 0.481 e. The molecule has 1 heterocycles. The predicted octanol–water partition coefficient (Wildman–Crippen LogP) is -1.25. The molecule has 2 atom stereocenters. The predicted molar refractivity (Wildman–Crippen MR) is 40.9 cm³/mol. The van der Waals surface area contributed by atoms with E-state index < -0.39 is 23.9 Å². The fourth-order valence-corrected chi connectivity index (χ4v) is 1.11. The van der Waals surface area contributed by atoms with Crippen LogP contribution >= 0.6 is 0 Å². The number of rotatable bonds is 2. The zero-order valence-electron chi connectivity index (χ0n) is 6.78. The summed E-state index contributed by atoms with van der Waals surface area (Å²) >= 11 is 0. The molecule has 0 aromatic rings. The Bertz CT molecular complexity index is 176. The molecule has 1 saturated heterocycles. The molecule has 1 radical (unpaired) electrons. The maximum atomic E-state index is 10.3. The van der Waals surface area contributed by atoms with Gasteiger partial charge in [0.2, 0.25) is 0 Å². The Morgan fingerprint density at radius 2 is 1.83 bits per heavy atom. The second-order valence-electron chi connectivity index (χ2n) is 2.57. The molecule has 1 aliphatic heterocycles. The summed E-state index contributed by atoms with van der Waals surface area (Å²) in [5.41, 5.74) is 0. The Balaban J connectivity index is 0.00000121. The second-order valence-corrected chi connectivity index (χ2v) is 2.57. The van der Waals surface area contributed by atoms with Crippen LogP contribution in [-0.2, 0) is 9.59 Å². The van der Waals surface area contributed by atoms with Gasteiger partial charge in [-0.2, -0.15) is 0 Å². The van der Waals surface area contributed by atoms with E-state index in [1.165, 1.54) is 0 Å². The second kappa shape index (κ2) is 4.81. The Kier molecular flexibility index (Phi) is 4.77. The summed E-state index contributed by atoms with van der Waals surface area (Å²) in [7, 11) is 0.